The van der Waals surface area contributed by atoms with Crippen LogP contribution in [0.5, 0.6) is 0 Å². The molecule has 0 saturated carbocycles. The molecule has 0 unspecified atom stereocenters. The molecule has 26 heavy (non-hydrogen) atoms. The number of nitrogens with zero attached hydrogens (tertiary/aromatic N) is 2. The predicted octanol–water partition coefficient (Wildman–Crippen LogP) is 6.77. The first-order chi connectivity index (χ1) is 12.5. The van der Waals surface area contributed by atoms with Gasteiger partial charge in [-0.15, -0.1) is 0 Å². The maximum atomic E-state index is 12.9. The fourth-order valence-corrected chi connectivity index (χ4v) is 2.52. The van der Waals surface area contributed by atoms with Crippen molar-refractivity contribution in [2.75, 3.05) is 0 Å². The molecule has 6 heteroatoms. The highest BCUT2D eigenvalue weighted by Crippen LogP contribution is 2.36. The second kappa shape index (κ2) is 8.21. The Balaban J connectivity index is 1.81. The Bertz CT molecular complexity index is 885. The number of aliphatic imine (C=N–C) groups is 2. The van der Waals surface area contributed by atoms with Gasteiger partial charge in [0.2, 0.25) is 0 Å². The van der Waals surface area contributed by atoms with Gasteiger partial charge in [0.15, 0.2) is 0 Å². The van der Waals surface area contributed by atoms with Crippen LogP contribution in [0.4, 0.5) is 20.2 Å². The van der Waals surface area contributed by atoms with Gasteiger partial charge < -0.3 is 0 Å². The molecule has 0 amide bonds. The van der Waals surface area contributed by atoms with E-state index in [0.29, 0.717) is 21.4 Å². The van der Waals surface area contributed by atoms with E-state index in [9.17, 15) is 8.78 Å². The van der Waals surface area contributed by atoms with Crippen LogP contribution in [0.25, 0.3) is 0 Å². The van der Waals surface area contributed by atoms with Gasteiger partial charge in [-0.2, -0.15) is 0 Å². The topological polar surface area (TPSA) is 24.7 Å². The summed E-state index contributed by atoms with van der Waals surface area (Å²) in [6.07, 6.45) is 3.14. The van der Waals surface area contributed by atoms with E-state index in [4.69, 9.17) is 23.2 Å². The van der Waals surface area contributed by atoms with Gasteiger partial charge in [0, 0.05) is 12.4 Å². The van der Waals surface area contributed by atoms with Gasteiger partial charge in [0.1, 0.15) is 11.6 Å². The summed E-state index contributed by atoms with van der Waals surface area (Å²) in [6, 6.07) is 15.0. The van der Waals surface area contributed by atoms with E-state index in [1.165, 1.54) is 24.3 Å². The average molecular weight is 389 g/mol. The minimum Gasteiger partial charge on any atom is -0.255 e. The van der Waals surface area contributed by atoms with Crippen molar-refractivity contribution in [2.45, 2.75) is 0 Å². The lowest BCUT2D eigenvalue weighted by Crippen LogP contribution is -1.83. The Morgan fingerprint density at radius 1 is 0.615 bits per heavy atom. The fourth-order valence-electron chi connectivity index (χ4n) is 2.11. The third-order valence-electron chi connectivity index (χ3n) is 3.46. The van der Waals surface area contributed by atoms with E-state index in [2.05, 4.69) is 9.98 Å². The maximum absolute atomic E-state index is 12.9. The molecule has 130 valence electrons. The van der Waals surface area contributed by atoms with Gasteiger partial charge in [0.05, 0.1) is 21.4 Å². The molecular formula is C20H12Cl2F2N2. The van der Waals surface area contributed by atoms with Gasteiger partial charge in [-0.1, -0.05) is 47.5 Å². The van der Waals surface area contributed by atoms with Crippen LogP contribution in [0.1, 0.15) is 11.1 Å². The molecule has 0 aromatic heterocycles. The van der Waals surface area contributed by atoms with Crippen molar-refractivity contribution in [3.8, 4) is 0 Å². The first kappa shape index (κ1) is 18.2. The molecule has 3 aromatic rings. The first-order valence-corrected chi connectivity index (χ1v) is 8.35. The summed E-state index contributed by atoms with van der Waals surface area (Å²) in [5.41, 5.74) is 2.41. The van der Waals surface area contributed by atoms with Gasteiger partial charge in [-0.25, -0.2) is 8.78 Å². The standard InChI is InChI=1S/C20H12Cl2F2N2/c21-17-10-20(26-12-14-3-7-16(24)8-4-14)18(22)9-19(17)25-11-13-1-5-15(23)6-2-13/h1-12H. The first-order valence-electron chi connectivity index (χ1n) is 7.59. The lowest BCUT2D eigenvalue weighted by Gasteiger charge is -2.03. The normalized spacial score (nSPS) is 11.5. The Kier molecular flexibility index (Phi) is 5.76. The zero-order valence-corrected chi connectivity index (χ0v) is 14.8. The number of benzene rings is 3. The molecule has 0 N–H and O–H groups in total. The highest BCUT2D eigenvalue weighted by Gasteiger charge is 2.06. The molecule has 3 rings (SSSR count). The van der Waals surface area contributed by atoms with E-state index in [-0.39, 0.29) is 11.6 Å². The minimum absolute atomic E-state index is 0.313. The maximum Gasteiger partial charge on any atom is 0.123 e. The molecule has 0 aliphatic carbocycles. The second-order valence-corrected chi connectivity index (χ2v) is 6.19. The van der Waals surface area contributed by atoms with Crippen molar-refractivity contribution in [1.82, 2.24) is 0 Å². The van der Waals surface area contributed by atoms with Crippen LogP contribution in [-0.2, 0) is 0 Å². The third kappa shape index (κ3) is 4.75. The largest absolute Gasteiger partial charge is 0.255 e. The predicted molar refractivity (Wildman–Crippen MR) is 104 cm³/mol. The van der Waals surface area contributed by atoms with Crippen LogP contribution in [-0.4, -0.2) is 12.4 Å². The Morgan fingerprint density at radius 3 is 1.31 bits per heavy atom. The van der Waals surface area contributed by atoms with E-state index >= 15 is 0 Å². The lowest BCUT2D eigenvalue weighted by atomic mass is 10.2. The van der Waals surface area contributed by atoms with Crippen LogP contribution < -0.4 is 0 Å². The molecular weight excluding hydrogens is 377 g/mol. The molecule has 0 spiro atoms. The van der Waals surface area contributed by atoms with Gasteiger partial charge >= 0.3 is 0 Å². The van der Waals surface area contributed by atoms with Crippen molar-refractivity contribution >= 4 is 47.0 Å². The quantitative estimate of drug-likeness (QED) is 0.440. The summed E-state index contributed by atoms with van der Waals surface area (Å²) in [5.74, 6) is -0.627. The monoisotopic (exact) mass is 388 g/mol. The smallest absolute Gasteiger partial charge is 0.123 e. The van der Waals surface area contributed by atoms with Gasteiger partial charge in [-0.3, -0.25) is 9.98 Å². The van der Waals surface area contributed by atoms with Crippen LogP contribution in [0, 0.1) is 11.6 Å². The van der Waals surface area contributed by atoms with Crippen molar-refractivity contribution in [3.63, 3.8) is 0 Å². The number of rotatable bonds is 4. The number of halogens is 4. The zero-order valence-electron chi connectivity index (χ0n) is 13.3. The summed E-state index contributed by atoms with van der Waals surface area (Å²) >= 11 is 12.5. The molecule has 0 aliphatic rings. The molecule has 0 heterocycles. The zero-order chi connectivity index (χ0) is 18.5. The molecule has 0 aliphatic heterocycles. The highest BCUT2D eigenvalue weighted by atomic mass is 35.5. The van der Waals surface area contributed by atoms with Crippen LogP contribution >= 0.6 is 23.2 Å². The summed E-state index contributed by atoms with van der Waals surface area (Å²) in [4.78, 5) is 8.56. The number of hydrogen-bond donors (Lipinski definition) is 0. The van der Waals surface area contributed by atoms with Gasteiger partial charge in [-0.05, 0) is 47.5 Å². The second-order valence-electron chi connectivity index (χ2n) is 5.37. The fraction of sp³-hybridized carbons (Fsp3) is 0. The average Bonchev–Trinajstić information content (AvgIpc) is 2.63. The Labute approximate surface area is 159 Å². The molecule has 2 nitrogen and oxygen atoms in total. The number of hydrogen-bond acceptors (Lipinski definition) is 2. The van der Waals surface area contributed by atoms with E-state index < -0.39 is 0 Å². The van der Waals surface area contributed by atoms with Crippen molar-refractivity contribution < 1.29 is 8.78 Å². The molecule has 0 bridgehead atoms. The van der Waals surface area contributed by atoms with Crippen molar-refractivity contribution in [2.24, 2.45) is 9.98 Å². The molecule has 0 atom stereocenters. The van der Waals surface area contributed by atoms with Crippen molar-refractivity contribution in [3.05, 3.63) is 93.5 Å². The SMILES string of the molecule is Fc1ccc(C=Nc2cc(Cl)c(N=Cc3ccc(F)cc3)cc2Cl)cc1. The summed E-state index contributed by atoms with van der Waals surface area (Å²) in [6.45, 7) is 0. The molecule has 0 radical (unpaired) electrons. The Hall–Kier alpha value is -2.56. The van der Waals surface area contributed by atoms with E-state index in [1.54, 1.807) is 48.8 Å². The van der Waals surface area contributed by atoms with Crippen LogP contribution in [0.2, 0.25) is 10.0 Å². The van der Waals surface area contributed by atoms with Crippen molar-refractivity contribution in [1.29, 1.82) is 0 Å². The third-order valence-corrected chi connectivity index (χ3v) is 4.07. The molecule has 0 fully saturated rings. The van der Waals surface area contributed by atoms with Crippen LogP contribution in [0.3, 0.4) is 0 Å². The summed E-state index contributed by atoms with van der Waals surface area (Å²) in [7, 11) is 0. The molecule has 3 aromatic carbocycles. The minimum atomic E-state index is -0.313. The van der Waals surface area contributed by atoms with Gasteiger partial charge in [0.25, 0.3) is 0 Å². The van der Waals surface area contributed by atoms with E-state index in [0.717, 1.165) is 11.1 Å². The highest BCUT2D eigenvalue weighted by molar-refractivity contribution is 6.37. The summed E-state index contributed by atoms with van der Waals surface area (Å²) in [5, 5.41) is 0.748. The summed E-state index contributed by atoms with van der Waals surface area (Å²) < 4.78 is 25.8. The molecule has 0 saturated heterocycles. The lowest BCUT2D eigenvalue weighted by molar-refractivity contribution is 0.627. The Morgan fingerprint density at radius 2 is 0.962 bits per heavy atom. The van der Waals surface area contributed by atoms with Crippen LogP contribution in [0.15, 0.2) is 70.6 Å². The van der Waals surface area contributed by atoms with E-state index in [1.807, 2.05) is 0 Å².